The SMILES string of the molecule is COC(=O)C(C1CC1)N1CCC(OCCO)CC1. The van der Waals surface area contributed by atoms with Crippen LogP contribution in [0, 0.1) is 5.92 Å². The van der Waals surface area contributed by atoms with Gasteiger partial charge < -0.3 is 14.6 Å². The molecule has 0 spiro atoms. The minimum Gasteiger partial charge on any atom is -0.468 e. The number of hydrogen-bond donors (Lipinski definition) is 1. The van der Waals surface area contributed by atoms with Crippen LogP contribution in [-0.2, 0) is 14.3 Å². The molecule has 1 saturated heterocycles. The Labute approximate surface area is 108 Å². The molecule has 1 aliphatic carbocycles. The first kappa shape index (κ1) is 13.8. The zero-order chi connectivity index (χ0) is 13.0. The molecule has 0 aromatic rings. The Balaban J connectivity index is 1.81. The van der Waals surface area contributed by atoms with E-state index in [-0.39, 0.29) is 24.7 Å². The van der Waals surface area contributed by atoms with Crippen LogP contribution in [0.2, 0.25) is 0 Å². The van der Waals surface area contributed by atoms with Crippen LogP contribution in [0.25, 0.3) is 0 Å². The number of aliphatic hydroxyl groups excluding tert-OH is 1. The number of ether oxygens (including phenoxy) is 2. The summed E-state index contributed by atoms with van der Waals surface area (Å²) in [6.07, 6.45) is 4.37. The Kier molecular flexibility index (Phi) is 4.97. The van der Waals surface area contributed by atoms with E-state index >= 15 is 0 Å². The smallest absolute Gasteiger partial charge is 0.323 e. The average Bonchev–Trinajstić information content (AvgIpc) is 3.22. The predicted octanol–water partition coefficient (Wildman–Crippen LogP) is 0.411. The number of carbonyl (C=O) groups is 1. The van der Waals surface area contributed by atoms with Crippen LogP contribution < -0.4 is 0 Å². The molecule has 1 N–H and O–H groups in total. The molecule has 18 heavy (non-hydrogen) atoms. The molecule has 1 saturated carbocycles. The normalized spacial score (nSPS) is 23.9. The fourth-order valence-electron chi connectivity index (χ4n) is 2.71. The number of carbonyl (C=O) groups excluding carboxylic acids is 1. The molecule has 1 atom stereocenters. The molecule has 0 aromatic carbocycles. The molecule has 5 heteroatoms. The number of nitrogens with zero attached hydrogens (tertiary/aromatic N) is 1. The van der Waals surface area contributed by atoms with Gasteiger partial charge in [0.15, 0.2) is 0 Å². The maximum Gasteiger partial charge on any atom is 0.323 e. The van der Waals surface area contributed by atoms with Crippen LogP contribution in [0.3, 0.4) is 0 Å². The zero-order valence-electron chi connectivity index (χ0n) is 11.0. The minimum atomic E-state index is -0.0905. The van der Waals surface area contributed by atoms with Gasteiger partial charge in [-0.3, -0.25) is 9.69 Å². The zero-order valence-corrected chi connectivity index (χ0v) is 11.0. The molecule has 1 aliphatic heterocycles. The summed E-state index contributed by atoms with van der Waals surface area (Å²) in [6.45, 7) is 2.25. The van der Waals surface area contributed by atoms with Gasteiger partial charge >= 0.3 is 5.97 Å². The lowest BCUT2D eigenvalue weighted by Gasteiger charge is -2.36. The number of rotatable bonds is 6. The Hall–Kier alpha value is -0.650. The van der Waals surface area contributed by atoms with E-state index in [1.807, 2.05) is 0 Å². The van der Waals surface area contributed by atoms with Crippen LogP contribution >= 0.6 is 0 Å². The van der Waals surface area contributed by atoms with Crippen molar-refractivity contribution in [3.63, 3.8) is 0 Å². The van der Waals surface area contributed by atoms with Gasteiger partial charge in [0.1, 0.15) is 6.04 Å². The van der Waals surface area contributed by atoms with Gasteiger partial charge in [0.05, 0.1) is 26.4 Å². The number of methoxy groups -OCH3 is 1. The van der Waals surface area contributed by atoms with E-state index in [2.05, 4.69) is 4.90 Å². The van der Waals surface area contributed by atoms with Crippen molar-refractivity contribution in [2.75, 3.05) is 33.4 Å². The number of esters is 1. The summed E-state index contributed by atoms with van der Waals surface area (Å²) in [5, 5.41) is 8.73. The van der Waals surface area contributed by atoms with Crippen LogP contribution in [-0.4, -0.2) is 61.5 Å². The van der Waals surface area contributed by atoms with Crippen molar-refractivity contribution in [1.29, 1.82) is 0 Å². The van der Waals surface area contributed by atoms with Gasteiger partial charge in [0.25, 0.3) is 0 Å². The first-order valence-corrected chi connectivity index (χ1v) is 6.80. The summed E-state index contributed by atoms with van der Waals surface area (Å²) in [5.74, 6) is 0.402. The number of piperidine rings is 1. The van der Waals surface area contributed by atoms with Crippen molar-refractivity contribution in [1.82, 2.24) is 4.90 Å². The number of likely N-dealkylation sites (tertiary alicyclic amines) is 1. The second kappa shape index (κ2) is 6.50. The van der Waals surface area contributed by atoms with Crippen LogP contribution in [0.5, 0.6) is 0 Å². The molecular weight excluding hydrogens is 234 g/mol. The highest BCUT2D eigenvalue weighted by Gasteiger charge is 2.41. The van der Waals surface area contributed by atoms with Crippen molar-refractivity contribution in [3.05, 3.63) is 0 Å². The third-order valence-corrected chi connectivity index (χ3v) is 3.83. The standard InChI is InChI=1S/C13H23NO4/c1-17-13(16)12(10-2-3-10)14-6-4-11(5-7-14)18-9-8-15/h10-12,15H,2-9H2,1H3. The molecule has 0 radical (unpaired) electrons. The van der Waals surface area contributed by atoms with Crippen molar-refractivity contribution in [2.24, 2.45) is 5.92 Å². The Morgan fingerprint density at radius 3 is 2.50 bits per heavy atom. The van der Waals surface area contributed by atoms with Gasteiger partial charge in [0, 0.05) is 13.1 Å². The van der Waals surface area contributed by atoms with Crippen molar-refractivity contribution >= 4 is 5.97 Å². The third kappa shape index (κ3) is 3.43. The summed E-state index contributed by atoms with van der Waals surface area (Å²) in [4.78, 5) is 14.1. The van der Waals surface area contributed by atoms with Gasteiger partial charge in [0.2, 0.25) is 0 Å². The average molecular weight is 257 g/mol. The van der Waals surface area contributed by atoms with Gasteiger partial charge in [-0.15, -0.1) is 0 Å². The molecule has 0 aromatic heterocycles. The second-order valence-electron chi connectivity index (χ2n) is 5.14. The van der Waals surface area contributed by atoms with Crippen molar-refractivity contribution < 1.29 is 19.4 Å². The van der Waals surface area contributed by atoms with E-state index in [0.717, 1.165) is 38.8 Å². The van der Waals surface area contributed by atoms with Crippen LogP contribution in [0.4, 0.5) is 0 Å². The number of aliphatic hydroxyl groups is 1. The van der Waals surface area contributed by atoms with Gasteiger partial charge in [-0.2, -0.15) is 0 Å². The van der Waals surface area contributed by atoms with E-state index in [1.165, 1.54) is 7.11 Å². The van der Waals surface area contributed by atoms with E-state index in [9.17, 15) is 4.79 Å². The molecule has 2 rings (SSSR count). The fraction of sp³-hybridized carbons (Fsp3) is 0.923. The van der Waals surface area contributed by atoms with E-state index in [0.29, 0.717) is 12.5 Å². The van der Waals surface area contributed by atoms with Gasteiger partial charge in [-0.05, 0) is 31.6 Å². The highest BCUT2D eigenvalue weighted by Crippen LogP contribution is 2.37. The van der Waals surface area contributed by atoms with Crippen molar-refractivity contribution in [3.8, 4) is 0 Å². The fourth-order valence-corrected chi connectivity index (χ4v) is 2.71. The summed E-state index contributed by atoms with van der Waals surface area (Å²) in [5.41, 5.74) is 0. The summed E-state index contributed by atoms with van der Waals surface area (Å²) in [6, 6.07) is -0.0474. The van der Waals surface area contributed by atoms with Gasteiger partial charge in [-0.25, -0.2) is 0 Å². The lowest BCUT2D eigenvalue weighted by molar-refractivity contribution is -0.149. The maximum atomic E-state index is 11.8. The quantitative estimate of drug-likeness (QED) is 0.698. The topological polar surface area (TPSA) is 59.0 Å². The third-order valence-electron chi connectivity index (χ3n) is 3.83. The summed E-state index contributed by atoms with van der Waals surface area (Å²) >= 11 is 0. The van der Waals surface area contributed by atoms with E-state index < -0.39 is 0 Å². The molecular formula is C13H23NO4. The summed E-state index contributed by atoms with van der Waals surface area (Å²) < 4.78 is 10.4. The first-order chi connectivity index (χ1) is 8.76. The molecule has 1 unspecified atom stereocenters. The Bertz CT molecular complexity index is 272. The molecule has 2 fully saturated rings. The molecule has 2 aliphatic rings. The monoisotopic (exact) mass is 257 g/mol. The molecule has 1 heterocycles. The predicted molar refractivity (Wildman–Crippen MR) is 66.2 cm³/mol. The summed E-state index contributed by atoms with van der Waals surface area (Å²) in [7, 11) is 1.47. The molecule has 5 nitrogen and oxygen atoms in total. The second-order valence-corrected chi connectivity index (χ2v) is 5.14. The van der Waals surface area contributed by atoms with E-state index in [1.54, 1.807) is 0 Å². The maximum absolute atomic E-state index is 11.8. The van der Waals surface area contributed by atoms with Crippen LogP contribution in [0.1, 0.15) is 25.7 Å². The molecule has 0 bridgehead atoms. The first-order valence-electron chi connectivity index (χ1n) is 6.80. The lowest BCUT2D eigenvalue weighted by Crippen LogP contribution is -2.48. The van der Waals surface area contributed by atoms with Crippen LogP contribution in [0.15, 0.2) is 0 Å². The highest BCUT2D eigenvalue weighted by molar-refractivity contribution is 5.76. The highest BCUT2D eigenvalue weighted by atomic mass is 16.5. The van der Waals surface area contributed by atoms with Gasteiger partial charge in [-0.1, -0.05) is 0 Å². The number of hydrogen-bond acceptors (Lipinski definition) is 5. The Morgan fingerprint density at radius 2 is 2.00 bits per heavy atom. The van der Waals surface area contributed by atoms with E-state index in [4.69, 9.17) is 14.6 Å². The Morgan fingerprint density at radius 1 is 1.33 bits per heavy atom. The largest absolute Gasteiger partial charge is 0.468 e. The molecule has 0 amide bonds. The van der Waals surface area contributed by atoms with Crippen molar-refractivity contribution in [2.45, 2.75) is 37.8 Å². The minimum absolute atomic E-state index is 0.0474. The molecule has 104 valence electrons. The lowest BCUT2D eigenvalue weighted by atomic mass is 10.0.